The quantitative estimate of drug-likeness (QED) is 0.705. The Morgan fingerprint density at radius 2 is 2.08 bits per heavy atom. The number of hydrogen-bond acceptors (Lipinski definition) is 1. The van der Waals surface area contributed by atoms with Crippen molar-refractivity contribution in [2.24, 2.45) is 5.92 Å². The van der Waals surface area contributed by atoms with Gasteiger partial charge in [0.05, 0.1) is 0 Å². The van der Waals surface area contributed by atoms with Gasteiger partial charge in [-0.3, -0.25) is 0 Å². The smallest absolute Gasteiger partial charge is 0.0349 e. The zero-order valence-corrected chi connectivity index (χ0v) is 8.80. The van der Waals surface area contributed by atoms with Crippen LogP contribution in [0.15, 0.2) is 18.2 Å². The molecule has 1 aromatic carbocycles. The minimum Gasteiger partial charge on any atom is -0.398 e. The van der Waals surface area contributed by atoms with Crippen LogP contribution in [0.4, 0.5) is 5.69 Å². The highest BCUT2D eigenvalue weighted by atomic mass is 14.6. The topological polar surface area (TPSA) is 26.0 Å². The molecule has 0 amide bonds. The summed E-state index contributed by atoms with van der Waals surface area (Å²) in [6.07, 6.45) is 2.32. The first-order valence-electron chi connectivity index (χ1n) is 4.99. The summed E-state index contributed by atoms with van der Waals surface area (Å²) in [5.74, 6) is 0.725. The molecule has 1 heteroatoms. The molecule has 1 aromatic rings. The predicted octanol–water partition coefficient (Wildman–Crippen LogP) is 3.17. The van der Waals surface area contributed by atoms with Crippen LogP contribution in [-0.4, -0.2) is 0 Å². The average molecular weight is 177 g/mol. The molecule has 0 aliphatic rings. The molecular formula is C12H19N. The minimum atomic E-state index is 0.725. The number of benzene rings is 1. The molecular weight excluding hydrogens is 158 g/mol. The highest BCUT2D eigenvalue weighted by Crippen LogP contribution is 2.21. The number of aryl methyl sites for hydroxylation is 1. The fourth-order valence-electron chi connectivity index (χ4n) is 1.50. The summed E-state index contributed by atoms with van der Waals surface area (Å²) in [7, 11) is 0. The second kappa shape index (κ2) is 4.31. The van der Waals surface area contributed by atoms with Crippen molar-refractivity contribution >= 4 is 5.69 Å². The molecule has 0 bridgehead atoms. The second-order valence-corrected chi connectivity index (χ2v) is 3.86. The number of hydrogen-bond donors (Lipinski definition) is 1. The van der Waals surface area contributed by atoms with Crippen molar-refractivity contribution in [2.75, 3.05) is 5.73 Å². The van der Waals surface area contributed by atoms with E-state index >= 15 is 0 Å². The molecule has 2 N–H and O–H groups in total. The van der Waals surface area contributed by atoms with Crippen molar-refractivity contribution in [3.05, 3.63) is 29.3 Å². The normalized spacial score (nSPS) is 12.8. The molecule has 1 nitrogen and oxygen atoms in total. The van der Waals surface area contributed by atoms with Crippen molar-refractivity contribution in [1.82, 2.24) is 0 Å². The molecule has 0 aliphatic heterocycles. The summed E-state index contributed by atoms with van der Waals surface area (Å²) in [6, 6.07) is 6.14. The van der Waals surface area contributed by atoms with Gasteiger partial charge in [-0.2, -0.15) is 0 Å². The molecule has 1 unspecified atom stereocenters. The Kier molecular flexibility index (Phi) is 3.35. The molecule has 0 saturated carbocycles. The van der Waals surface area contributed by atoms with Crippen molar-refractivity contribution in [3.63, 3.8) is 0 Å². The van der Waals surface area contributed by atoms with Crippen molar-refractivity contribution in [1.29, 1.82) is 0 Å². The summed E-state index contributed by atoms with van der Waals surface area (Å²) < 4.78 is 0. The van der Waals surface area contributed by atoms with Crippen LogP contribution in [0.3, 0.4) is 0 Å². The fourth-order valence-corrected chi connectivity index (χ4v) is 1.50. The maximum atomic E-state index is 5.92. The second-order valence-electron chi connectivity index (χ2n) is 3.86. The number of rotatable bonds is 3. The van der Waals surface area contributed by atoms with Crippen LogP contribution in [0.2, 0.25) is 0 Å². The Labute approximate surface area is 81.0 Å². The van der Waals surface area contributed by atoms with Gasteiger partial charge in [-0.1, -0.05) is 32.4 Å². The molecule has 0 saturated heterocycles. The van der Waals surface area contributed by atoms with Crippen LogP contribution >= 0.6 is 0 Å². The molecule has 0 aromatic heterocycles. The maximum Gasteiger partial charge on any atom is 0.0349 e. The third kappa shape index (κ3) is 2.48. The summed E-state index contributed by atoms with van der Waals surface area (Å²) in [6.45, 7) is 6.62. The number of nitrogen functional groups attached to an aromatic ring is 1. The third-order valence-corrected chi connectivity index (χ3v) is 2.70. The van der Waals surface area contributed by atoms with Crippen molar-refractivity contribution in [2.45, 2.75) is 33.6 Å². The van der Waals surface area contributed by atoms with Gasteiger partial charge in [0.15, 0.2) is 0 Å². The molecule has 0 spiro atoms. The van der Waals surface area contributed by atoms with Crippen LogP contribution in [-0.2, 0) is 6.42 Å². The first-order chi connectivity index (χ1) is 6.15. The molecule has 0 heterocycles. The Morgan fingerprint density at radius 3 is 2.62 bits per heavy atom. The highest BCUT2D eigenvalue weighted by Gasteiger charge is 2.06. The van der Waals surface area contributed by atoms with Gasteiger partial charge in [-0.25, -0.2) is 0 Å². The monoisotopic (exact) mass is 177 g/mol. The van der Waals surface area contributed by atoms with E-state index in [-0.39, 0.29) is 0 Å². The lowest BCUT2D eigenvalue weighted by atomic mass is 9.94. The van der Waals surface area contributed by atoms with Crippen molar-refractivity contribution in [3.8, 4) is 0 Å². The van der Waals surface area contributed by atoms with E-state index in [0.29, 0.717) is 0 Å². The predicted molar refractivity (Wildman–Crippen MR) is 58.8 cm³/mol. The molecule has 1 rings (SSSR count). The largest absolute Gasteiger partial charge is 0.398 e. The van der Waals surface area contributed by atoms with E-state index in [4.69, 9.17) is 5.73 Å². The van der Waals surface area contributed by atoms with Gasteiger partial charge in [0.2, 0.25) is 0 Å². The van der Waals surface area contributed by atoms with Gasteiger partial charge in [-0.15, -0.1) is 0 Å². The summed E-state index contributed by atoms with van der Waals surface area (Å²) in [5.41, 5.74) is 9.52. The Balaban J connectivity index is 2.87. The standard InChI is InChI=1S/C12H19N/c1-4-9(2)8-11-10(3)6-5-7-12(11)13/h5-7,9H,4,8,13H2,1-3H3. The van der Waals surface area contributed by atoms with Gasteiger partial charge in [0.25, 0.3) is 0 Å². The lowest BCUT2D eigenvalue weighted by Gasteiger charge is -2.13. The third-order valence-electron chi connectivity index (χ3n) is 2.70. The molecule has 0 aliphatic carbocycles. The zero-order chi connectivity index (χ0) is 9.84. The van der Waals surface area contributed by atoms with Gasteiger partial charge in [-0.05, 0) is 36.5 Å². The number of anilines is 1. The van der Waals surface area contributed by atoms with E-state index in [0.717, 1.165) is 18.0 Å². The van der Waals surface area contributed by atoms with E-state index in [2.05, 4.69) is 26.8 Å². The van der Waals surface area contributed by atoms with Crippen LogP contribution in [0.25, 0.3) is 0 Å². The van der Waals surface area contributed by atoms with Gasteiger partial charge in [0, 0.05) is 5.69 Å². The van der Waals surface area contributed by atoms with E-state index in [1.165, 1.54) is 17.5 Å². The van der Waals surface area contributed by atoms with Crippen LogP contribution in [0.5, 0.6) is 0 Å². The van der Waals surface area contributed by atoms with Gasteiger partial charge < -0.3 is 5.73 Å². The average Bonchev–Trinajstić information content (AvgIpc) is 2.11. The Hall–Kier alpha value is -0.980. The summed E-state index contributed by atoms with van der Waals surface area (Å²) in [4.78, 5) is 0. The van der Waals surface area contributed by atoms with Crippen LogP contribution in [0.1, 0.15) is 31.4 Å². The molecule has 0 fully saturated rings. The lowest BCUT2D eigenvalue weighted by molar-refractivity contribution is 0.559. The SMILES string of the molecule is CCC(C)Cc1c(C)cccc1N. The minimum absolute atomic E-state index is 0.725. The van der Waals surface area contributed by atoms with E-state index in [9.17, 15) is 0 Å². The van der Waals surface area contributed by atoms with Crippen LogP contribution in [0, 0.1) is 12.8 Å². The molecule has 0 radical (unpaired) electrons. The first kappa shape index (κ1) is 10.1. The summed E-state index contributed by atoms with van der Waals surface area (Å²) in [5, 5.41) is 0. The molecule has 13 heavy (non-hydrogen) atoms. The first-order valence-corrected chi connectivity index (χ1v) is 4.99. The van der Waals surface area contributed by atoms with E-state index < -0.39 is 0 Å². The van der Waals surface area contributed by atoms with Gasteiger partial charge >= 0.3 is 0 Å². The van der Waals surface area contributed by atoms with Crippen LogP contribution < -0.4 is 5.73 Å². The fraction of sp³-hybridized carbons (Fsp3) is 0.500. The molecule has 72 valence electrons. The van der Waals surface area contributed by atoms with Gasteiger partial charge in [0.1, 0.15) is 0 Å². The maximum absolute atomic E-state index is 5.92. The van der Waals surface area contributed by atoms with E-state index in [1.807, 2.05) is 12.1 Å². The number of nitrogens with two attached hydrogens (primary N) is 1. The Bertz CT molecular complexity index is 258. The summed E-state index contributed by atoms with van der Waals surface area (Å²) >= 11 is 0. The Morgan fingerprint density at radius 1 is 1.38 bits per heavy atom. The lowest BCUT2D eigenvalue weighted by Crippen LogP contribution is -2.03. The zero-order valence-electron chi connectivity index (χ0n) is 8.80. The highest BCUT2D eigenvalue weighted by molar-refractivity contribution is 5.50. The van der Waals surface area contributed by atoms with E-state index in [1.54, 1.807) is 0 Å². The van der Waals surface area contributed by atoms with Crippen molar-refractivity contribution < 1.29 is 0 Å². The molecule has 1 atom stereocenters.